The highest BCUT2D eigenvalue weighted by atomic mass is 79.9. The lowest BCUT2D eigenvalue weighted by Crippen LogP contribution is -2.05. The van der Waals surface area contributed by atoms with Crippen molar-refractivity contribution in [3.05, 3.63) is 40.2 Å². The SMILES string of the molecule is CC(=O)Oc1ccc2cc(CBr)c(=O)oc2c1. The van der Waals surface area contributed by atoms with Crippen LogP contribution in [0, 0.1) is 0 Å². The lowest BCUT2D eigenvalue weighted by Gasteiger charge is -2.03. The molecule has 0 saturated carbocycles. The predicted molar refractivity (Wildman–Crippen MR) is 66.4 cm³/mol. The zero-order valence-electron chi connectivity index (χ0n) is 9.03. The third-order valence-electron chi connectivity index (χ3n) is 2.19. The molecule has 1 heterocycles. The molecule has 0 spiro atoms. The molecule has 0 fully saturated rings. The topological polar surface area (TPSA) is 56.5 Å². The number of hydrogen-bond donors (Lipinski definition) is 0. The largest absolute Gasteiger partial charge is 0.427 e. The lowest BCUT2D eigenvalue weighted by atomic mass is 10.2. The molecule has 0 aliphatic carbocycles. The highest BCUT2D eigenvalue weighted by molar-refractivity contribution is 9.08. The lowest BCUT2D eigenvalue weighted by molar-refractivity contribution is -0.131. The van der Waals surface area contributed by atoms with Crippen LogP contribution in [0.25, 0.3) is 11.0 Å². The summed E-state index contributed by atoms with van der Waals surface area (Å²) in [4.78, 5) is 22.3. The average molecular weight is 297 g/mol. The quantitative estimate of drug-likeness (QED) is 0.370. The van der Waals surface area contributed by atoms with E-state index in [1.54, 1.807) is 18.2 Å². The van der Waals surface area contributed by atoms with Crippen molar-refractivity contribution in [2.75, 3.05) is 0 Å². The van der Waals surface area contributed by atoms with Crippen LogP contribution in [-0.2, 0) is 10.1 Å². The molecule has 0 N–H and O–H groups in total. The van der Waals surface area contributed by atoms with E-state index in [2.05, 4.69) is 15.9 Å². The Morgan fingerprint density at radius 1 is 1.41 bits per heavy atom. The molecule has 0 bridgehead atoms. The van der Waals surface area contributed by atoms with Gasteiger partial charge in [-0.3, -0.25) is 4.79 Å². The molecule has 2 rings (SSSR count). The summed E-state index contributed by atoms with van der Waals surface area (Å²) in [5, 5.41) is 1.23. The van der Waals surface area contributed by atoms with E-state index in [4.69, 9.17) is 9.15 Å². The number of rotatable bonds is 2. The van der Waals surface area contributed by atoms with E-state index in [0.717, 1.165) is 5.39 Å². The van der Waals surface area contributed by atoms with Gasteiger partial charge in [-0.1, -0.05) is 15.9 Å². The van der Waals surface area contributed by atoms with Crippen molar-refractivity contribution in [1.82, 2.24) is 0 Å². The number of hydrogen-bond acceptors (Lipinski definition) is 4. The first kappa shape index (κ1) is 11.9. The Labute approximate surface area is 105 Å². The van der Waals surface area contributed by atoms with Gasteiger partial charge < -0.3 is 9.15 Å². The summed E-state index contributed by atoms with van der Waals surface area (Å²) >= 11 is 3.21. The van der Waals surface area contributed by atoms with E-state index in [0.29, 0.717) is 22.2 Å². The van der Waals surface area contributed by atoms with Crippen molar-refractivity contribution < 1.29 is 13.9 Å². The molecule has 2 aromatic rings. The molecule has 0 radical (unpaired) electrons. The molecule has 1 aromatic carbocycles. The number of ether oxygens (including phenoxy) is 1. The fourth-order valence-corrected chi connectivity index (χ4v) is 1.85. The monoisotopic (exact) mass is 296 g/mol. The van der Waals surface area contributed by atoms with Gasteiger partial charge in [0.2, 0.25) is 0 Å². The Morgan fingerprint density at radius 2 is 2.18 bits per heavy atom. The maximum Gasteiger partial charge on any atom is 0.340 e. The summed E-state index contributed by atoms with van der Waals surface area (Å²) in [5.74, 6) is -0.0523. The Balaban J connectivity index is 2.55. The Kier molecular flexibility index (Phi) is 3.28. The van der Waals surface area contributed by atoms with Gasteiger partial charge in [0.05, 0.1) is 0 Å². The van der Waals surface area contributed by atoms with Gasteiger partial charge in [0.1, 0.15) is 11.3 Å². The first-order chi connectivity index (χ1) is 8.10. The molecule has 0 unspecified atom stereocenters. The van der Waals surface area contributed by atoms with Gasteiger partial charge >= 0.3 is 11.6 Å². The number of fused-ring (bicyclic) bond motifs is 1. The maximum absolute atomic E-state index is 11.5. The Hall–Kier alpha value is -1.62. The molecule has 88 valence electrons. The number of carbonyl (C=O) groups is 1. The van der Waals surface area contributed by atoms with Gasteiger partial charge in [-0.05, 0) is 18.2 Å². The minimum absolute atomic E-state index is 0.361. The Bertz CT molecular complexity index is 630. The average Bonchev–Trinajstić information content (AvgIpc) is 2.27. The van der Waals surface area contributed by atoms with Crippen LogP contribution in [0.15, 0.2) is 33.5 Å². The van der Waals surface area contributed by atoms with Crippen LogP contribution in [0.2, 0.25) is 0 Å². The van der Waals surface area contributed by atoms with E-state index in [1.165, 1.54) is 13.0 Å². The Morgan fingerprint density at radius 3 is 2.82 bits per heavy atom. The molecule has 0 aliphatic rings. The minimum atomic E-state index is -0.413. The minimum Gasteiger partial charge on any atom is -0.427 e. The van der Waals surface area contributed by atoms with Crippen LogP contribution in [0.3, 0.4) is 0 Å². The molecule has 4 nitrogen and oxygen atoms in total. The summed E-state index contributed by atoms with van der Waals surface area (Å²) < 4.78 is 10.0. The van der Waals surface area contributed by atoms with Gasteiger partial charge in [-0.15, -0.1) is 0 Å². The molecule has 0 atom stereocenters. The van der Waals surface area contributed by atoms with Crippen molar-refractivity contribution in [3.8, 4) is 5.75 Å². The second-order valence-electron chi connectivity index (χ2n) is 3.49. The highest BCUT2D eigenvalue weighted by Crippen LogP contribution is 2.21. The second kappa shape index (κ2) is 4.71. The van der Waals surface area contributed by atoms with E-state index in [-0.39, 0.29) is 0 Å². The standard InChI is InChI=1S/C12H9BrO4/c1-7(14)16-10-3-2-8-4-9(6-13)12(15)17-11(8)5-10/h2-5H,6H2,1H3. The van der Waals surface area contributed by atoms with E-state index < -0.39 is 11.6 Å². The van der Waals surface area contributed by atoms with Crippen LogP contribution >= 0.6 is 15.9 Å². The van der Waals surface area contributed by atoms with Crippen molar-refractivity contribution in [2.24, 2.45) is 0 Å². The molecule has 0 amide bonds. The van der Waals surface area contributed by atoms with Gasteiger partial charge in [-0.25, -0.2) is 4.79 Å². The first-order valence-corrected chi connectivity index (χ1v) is 6.03. The van der Waals surface area contributed by atoms with Gasteiger partial charge in [0.25, 0.3) is 0 Å². The van der Waals surface area contributed by atoms with E-state index >= 15 is 0 Å². The van der Waals surface area contributed by atoms with Crippen molar-refractivity contribution >= 4 is 32.9 Å². The van der Waals surface area contributed by atoms with Crippen LogP contribution in [0.1, 0.15) is 12.5 Å². The van der Waals surface area contributed by atoms with Gasteiger partial charge in [-0.2, -0.15) is 0 Å². The van der Waals surface area contributed by atoms with E-state index in [9.17, 15) is 9.59 Å². The third-order valence-corrected chi connectivity index (χ3v) is 2.79. The molecule has 17 heavy (non-hydrogen) atoms. The van der Waals surface area contributed by atoms with Crippen LogP contribution in [0.5, 0.6) is 5.75 Å². The molecule has 0 saturated heterocycles. The van der Waals surface area contributed by atoms with Crippen LogP contribution in [-0.4, -0.2) is 5.97 Å². The van der Waals surface area contributed by atoms with E-state index in [1.807, 2.05) is 0 Å². The van der Waals surface area contributed by atoms with Crippen LogP contribution in [0.4, 0.5) is 0 Å². The smallest absolute Gasteiger partial charge is 0.340 e. The van der Waals surface area contributed by atoms with Crippen molar-refractivity contribution in [3.63, 3.8) is 0 Å². The number of esters is 1. The molecular weight excluding hydrogens is 288 g/mol. The number of carbonyl (C=O) groups excluding carboxylic acids is 1. The van der Waals surface area contributed by atoms with Crippen molar-refractivity contribution in [2.45, 2.75) is 12.3 Å². The fourth-order valence-electron chi connectivity index (χ4n) is 1.46. The summed E-state index contributed by atoms with van der Waals surface area (Å²) in [6, 6.07) is 6.66. The zero-order valence-corrected chi connectivity index (χ0v) is 10.6. The van der Waals surface area contributed by atoms with Gasteiger partial charge in [0, 0.05) is 29.3 Å². The maximum atomic E-state index is 11.5. The number of alkyl halides is 1. The highest BCUT2D eigenvalue weighted by Gasteiger charge is 2.06. The summed E-state index contributed by atoms with van der Waals surface area (Å²) in [5.41, 5.74) is 0.561. The molecule has 1 aromatic heterocycles. The van der Waals surface area contributed by atoms with Gasteiger partial charge in [0.15, 0.2) is 0 Å². The summed E-state index contributed by atoms with van der Waals surface area (Å²) in [7, 11) is 0. The molecule has 5 heteroatoms. The summed E-state index contributed by atoms with van der Waals surface area (Å²) in [6.45, 7) is 1.31. The van der Waals surface area contributed by atoms with Crippen molar-refractivity contribution in [1.29, 1.82) is 0 Å². The predicted octanol–water partition coefficient (Wildman–Crippen LogP) is 2.61. The first-order valence-electron chi connectivity index (χ1n) is 4.91. The zero-order chi connectivity index (χ0) is 12.4. The van der Waals surface area contributed by atoms with Crippen LogP contribution < -0.4 is 10.4 Å². The fraction of sp³-hybridized carbons (Fsp3) is 0.167. The third kappa shape index (κ3) is 2.55. The molecule has 0 aliphatic heterocycles. The number of halogens is 1. The molecular formula is C12H9BrO4. The second-order valence-corrected chi connectivity index (χ2v) is 4.05. The summed E-state index contributed by atoms with van der Waals surface area (Å²) in [6.07, 6.45) is 0. The normalized spacial score (nSPS) is 10.5. The number of benzene rings is 1.